The first-order chi connectivity index (χ1) is 19.3. The Bertz CT molecular complexity index is 1280. The first-order valence-corrected chi connectivity index (χ1v) is 13.7. The number of carbonyl (C=O) groups excluding carboxylic acids is 1. The number of aliphatic hydroxyl groups is 1. The van der Waals surface area contributed by atoms with Gasteiger partial charge in [-0.15, -0.1) is 0 Å². The Hall–Kier alpha value is -3.54. The minimum absolute atomic E-state index is 0.117. The number of ether oxygens (including phenoxy) is 3. The third-order valence-corrected chi connectivity index (χ3v) is 6.94. The molecule has 1 aliphatic heterocycles. The smallest absolute Gasteiger partial charge is 0.410 e. The molecule has 0 saturated carbocycles. The Morgan fingerprint density at radius 1 is 1.27 bits per heavy atom. The Morgan fingerprint density at radius 3 is 2.83 bits per heavy atom. The molecule has 2 aromatic heterocycles. The van der Waals surface area contributed by atoms with Gasteiger partial charge in [0.15, 0.2) is 5.82 Å². The molecule has 3 aromatic rings. The average molecular weight is 554 g/mol. The van der Waals surface area contributed by atoms with Crippen molar-refractivity contribution in [2.24, 2.45) is 0 Å². The molecule has 2 atom stereocenters. The maximum absolute atomic E-state index is 12.5. The van der Waals surface area contributed by atoms with E-state index >= 15 is 0 Å². The fourth-order valence-corrected chi connectivity index (χ4v) is 4.86. The highest BCUT2D eigenvalue weighted by Gasteiger charge is 2.29. The van der Waals surface area contributed by atoms with Crippen molar-refractivity contribution in [1.29, 1.82) is 0 Å². The van der Waals surface area contributed by atoms with Gasteiger partial charge in [0.1, 0.15) is 24.2 Å². The van der Waals surface area contributed by atoms with E-state index in [9.17, 15) is 9.90 Å². The number of morpholine rings is 1. The van der Waals surface area contributed by atoms with Crippen LogP contribution >= 0.6 is 0 Å². The molecule has 1 fully saturated rings. The summed E-state index contributed by atoms with van der Waals surface area (Å²) in [6, 6.07) is 7.40. The molecule has 1 amide bonds. The molecule has 0 unspecified atom stereocenters. The fourth-order valence-electron chi connectivity index (χ4n) is 4.86. The highest BCUT2D eigenvalue weighted by Crippen LogP contribution is 2.32. The molecule has 1 saturated heterocycles. The van der Waals surface area contributed by atoms with Gasteiger partial charge in [-0.3, -0.25) is 0 Å². The van der Waals surface area contributed by atoms with Crippen LogP contribution in [0.5, 0.6) is 5.75 Å². The van der Waals surface area contributed by atoms with Crippen LogP contribution in [0, 0.1) is 20.8 Å². The van der Waals surface area contributed by atoms with Crippen LogP contribution in [0.4, 0.5) is 4.79 Å². The van der Waals surface area contributed by atoms with Crippen LogP contribution in [0.1, 0.15) is 36.1 Å². The summed E-state index contributed by atoms with van der Waals surface area (Å²) in [5, 5.41) is 17.1. The summed E-state index contributed by atoms with van der Waals surface area (Å²) in [7, 11) is 1.78. The lowest BCUT2D eigenvalue weighted by Gasteiger charge is -2.34. The maximum Gasteiger partial charge on any atom is 0.410 e. The van der Waals surface area contributed by atoms with Crippen LogP contribution in [-0.4, -0.2) is 89.9 Å². The lowest BCUT2D eigenvalue weighted by atomic mass is 9.99. The molecule has 0 aliphatic carbocycles. The van der Waals surface area contributed by atoms with Gasteiger partial charge in [0.05, 0.1) is 42.8 Å². The van der Waals surface area contributed by atoms with E-state index in [2.05, 4.69) is 10.5 Å². The summed E-state index contributed by atoms with van der Waals surface area (Å²) in [5.41, 5.74) is 4.93. The number of aryl methyl sites for hydroxylation is 3. The summed E-state index contributed by atoms with van der Waals surface area (Å²) in [6.45, 7) is 9.94. The third kappa shape index (κ3) is 6.96. The number of hydrogen-bond donors (Lipinski definition) is 2. The molecular weight excluding hydrogens is 514 g/mol. The normalized spacial score (nSPS) is 16.1. The van der Waals surface area contributed by atoms with E-state index in [4.69, 9.17) is 28.7 Å². The highest BCUT2D eigenvalue weighted by atomic mass is 16.6. The van der Waals surface area contributed by atoms with Gasteiger partial charge in [-0.25, -0.2) is 14.8 Å². The van der Waals surface area contributed by atoms with E-state index in [-0.39, 0.29) is 18.7 Å². The second-order valence-electron chi connectivity index (χ2n) is 9.88. The van der Waals surface area contributed by atoms with Crippen LogP contribution in [0.25, 0.3) is 22.6 Å². The molecule has 0 bridgehead atoms. The summed E-state index contributed by atoms with van der Waals surface area (Å²) in [4.78, 5) is 24.2. The standard InChI is InChI=1S/C29H39N5O6/c1-6-38-29(36)34-12-13-37-16-22(34)10-11-25-18(2)27(26-19(3)33-40-20(26)4)32-28(31-25)21-8-7-9-24(14-21)39-17-23(35)15-30-5/h7-9,14,22-23,30,35H,6,10-13,15-17H2,1-5H3/t22-,23-/m0/s1. The largest absolute Gasteiger partial charge is 0.491 e. The third-order valence-electron chi connectivity index (χ3n) is 6.94. The van der Waals surface area contributed by atoms with Gasteiger partial charge in [-0.05, 0) is 65.3 Å². The van der Waals surface area contributed by atoms with Crippen LogP contribution in [0.3, 0.4) is 0 Å². The molecule has 4 rings (SSSR count). The number of likely N-dealkylation sites (N-methyl/N-ethyl adjacent to an activating group) is 1. The Morgan fingerprint density at radius 2 is 2.10 bits per heavy atom. The number of hydrogen-bond acceptors (Lipinski definition) is 10. The number of aliphatic hydroxyl groups excluding tert-OH is 1. The van der Waals surface area contributed by atoms with Crippen molar-refractivity contribution in [3.05, 3.63) is 47.0 Å². The number of aromatic nitrogens is 3. The van der Waals surface area contributed by atoms with Crippen LogP contribution in [0.15, 0.2) is 28.8 Å². The first-order valence-electron chi connectivity index (χ1n) is 13.7. The minimum Gasteiger partial charge on any atom is -0.491 e. The van der Waals surface area contributed by atoms with Crippen molar-refractivity contribution >= 4 is 6.09 Å². The number of rotatable bonds is 11. The van der Waals surface area contributed by atoms with E-state index in [1.165, 1.54) is 0 Å². The molecule has 11 heteroatoms. The maximum atomic E-state index is 12.5. The zero-order chi connectivity index (χ0) is 28.6. The van der Waals surface area contributed by atoms with Crippen molar-refractivity contribution < 1.29 is 28.6 Å². The molecule has 1 aliphatic rings. The predicted octanol–water partition coefficient (Wildman–Crippen LogP) is 3.47. The van der Waals surface area contributed by atoms with E-state index < -0.39 is 6.10 Å². The van der Waals surface area contributed by atoms with Gasteiger partial charge in [-0.1, -0.05) is 17.3 Å². The number of carbonyl (C=O) groups is 1. The zero-order valence-electron chi connectivity index (χ0n) is 23.9. The van der Waals surface area contributed by atoms with Gasteiger partial charge in [0.2, 0.25) is 0 Å². The Kier molecular flexibility index (Phi) is 10.1. The van der Waals surface area contributed by atoms with Crippen molar-refractivity contribution in [3.8, 4) is 28.4 Å². The van der Waals surface area contributed by atoms with Crippen LogP contribution in [0.2, 0.25) is 0 Å². The molecule has 0 radical (unpaired) electrons. The number of nitrogens with one attached hydrogen (secondary N) is 1. The summed E-state index contributed by atoms with van der Waals surface area (Å²) >= 11 is 0. The topological polar surface area (TPSA) is 132 Å². The second-order valence-corrected chi connectivity index (χ2v) is 9.88. The zero-order valence-corrected chi connectivity index (χ0v) is 23.9. The molecule has 1 aromatic carbocycles. The number of amides is 1. The molecule has 40 heavy (non-hydrogen) atoms. The van der Waals surface area contributed by atoms with Crippen LogP contribution in [-0.2, 0) is 15.9 Å². The van der Waals surface area contributed by atoms with Gasteiger partial charge < -0.3 is 34.1 Å². The van der Waals surface area contributed by atoms with E-state index in [0.29, 0.717) is 63.1 Å². The van der Waals surface area contributed by atoms with Gasteiger partial charge in [0, 0.05) is 24.3 Å². The van der Waals surface area contributed by atoms with Gasteiger partial charge in [0.25, 0.3) is 0 Å². The van der Waals surface area contributed by atoms with Crippen molar-refractivity contribution in [1.82, 2.24) is 25.3 Å². The first kappa shape index (κ1) is 29.4. The summed E-state index contributed by atoms with van der Waals surface area (Å²) in [6.07, 6.45) is 0.321. The quantitative estimate of drug-likeness (QED) is 0.364. The van der Waals surface area contributed by atoms with Crippen molar-refractivity contribution in [2.45, 2.75) is 52.7 Å². The predicted molar refractivity (Wildman–Crippen MR) is 149 cm³/mol. The Labute approximate surface area is 234 Å². The molecule has 3 heterocycles. The molecule has 216 valence electrons. The SMILES string of the molecule is CCOC(=O)N1CCOC[C@@H]1CCc1nc(-c2cccc(OC[C@@H](O)CNC)c2)nc(-c2c(C)noc2C)c1C. The summed E-state index contributed by atoms with van der Waals surface area (Å²) < 4.78 is 22.3. The highest BCUT2D eigenvalue weighted by molar-refractivity contribution is 5.71. The molecular formula is C29H39N5O6. The lowest BCUT2D eigenvalue weighted by Crippen LogP contribution is -2.49. The van der Waals surface area contributed by atoms with Gasteiger partial charge >= 0.3 is 6.09 Å². The summed E-state index contributed by atoms with van der Waals surface area (Å²) in [5.74, 6) is 1.83. The van der Waals surface area contributed by atoms with Crippen LogP contribution < -0.4 is 10.1 Å². The molecule has 0 spiro atoms. The minimum atomic E-state index is -0.625. The molecule has 11 nitrogen and oxygen atoms in total. The Balaban J connectivity index is 1.66. The van der Waals surface area contributed by atoms with Crippen molar-refractivity contribution in [2.75, 3.05) is 46.6 Å². The fraction of sp³-hybridized carbons (Fsp3) is 0.517. The van der Waals surface area contributed by atoms with E-state index in [1.54, 1.807) is 18.9 Å². The lowest BCUT2D eigenvalue weighted by molar-refractivity contribution is -0.0103. The van der Waals surface area contributed by atoms with E-state index in [0.717, 1.165) is 33.8 Å². The average Bonchev–Trinajstić information content (AvgIpc) is 3.29. The monoisotopic (exact) mass is 553 g/mol. The number of nitrogens with zero attached hydrogens (tertiary/aromatic N) is 4. The van der Waals surface area contributed by atoms with Gasteiger partial charge in [-0.2, -0.15) is 0 Å². The second kappa shape index (κ2) is 13.7. The van der Waals surface area contributed by atoms with Crippen molar-refractivity contribution in [3.63, 3.8) is 0 Å². The van der Waals surface area contributed by atoms with E-state index in [1.807, 2.05) is 45.0 Å². The number of benzene rings is 1. The molecule has 2 N–H and O–H groups in total.